The molecule has 1 saturated heterocycles. The van der Waals surface area contributed by atoms with Gasteiger partial charge in [-0.1, -0.05) is 6.07 Å². The van der Waals surface area contributed by atoms with Crippen LogP contribution in [0.1, 0.15) is 62.4 Å². The van der Waals surface area contributed by atoms with Gasteiger partial charge in [0.25, 0.3) is 17.7 Å². The summed E-state index contributed by atoms with van der Waals surface area (Å²) in [6, 6.07) is 17.3. The number of hydrogen-bond donors (Lipinski definition) is 0. The Kier molecular flexibility index (Phi) is 5.79. The second-order valence-corrected chi connectivity index (χ2v) is 9.19. The average Bonchev–Trinajstić information content (AvgIpc) is 3.52. The predicted molar refractivity (Wildman–Crippen MR) is 136 cm³/mol. The zero-order valence-electron chi connectivity index (χ0n) is 20.4. The third-order valence-corrected chi connectivity index (χ3v) is 7.00. The fourth-order valence-electron chi connectivity index (χ4n) is 5.26. The Morgan fingerprint density at radius 3 is 2.46 bits per heavy atom. The summed E-state index contributed by atoms with van der Waals surface area (Å²) >= 11 is 0. The van der Waals surface area contributed by atoms with Gasteiger partial charge in [-0.05, 0) is 79.9 Å². The number of rotatable bonds is 5. The fourth-order valence-corrected chi connectivity index (χ4v) is 5.26. The molecule has 1 atom stereocenters. The molecule has 3 aromatic rings. The number of ether oxygens (including phenoxy) is 3. The largest absolute Gasteiger partial charge is 0.494 e. The van der Waals surface area contributed by atoms with E-state index in [1.165, 1.54) is 0 Å². The molecule has 3 heterocycles. The Morgan fingerprint density at radius 1 is 0.919 bits per heavy atom. The Hall–Kier alpha value is -4.33. The van der Waals surface area contributed by atoms with Gasteiger partial charge in [0, 0.05) is 12.1 Å². The molecule has 1 fully saturated rings. The van der Waals surface area contributed by atoms with E-state index in [-0.39, 0.29) is 17.5 Å². The van der Waals surface area contributed by atoms with Crippen molar-refractivity contribution in [1.82, 2.24) is 4.90 Å². The zero-order valence-corrected chi connectivity index (χ0v) is 20.4. The van der Waals surface area contributed by atoms with E-state index in [1.54, 1.807) is 42.5 Å². The highest BCUT2D eigenvalue weighted by Gasteiger charge is 2.38. The summed E-state index contributed by atoms with van der Waals surface area (Å²) in [5.41, 5.74) is 2.36. The molecule has 1 unspecified atom stereocenters. The number of carbonyl (C=O) groups excluding carboxylic acids is 3. The monoisotopic (exact) mass is 498 g/mol. The van der Waals surface area contributed by atoms with Crippen molar-refractivity contribution in [2.75, 3.05) is 31.3 Å². The minimum absolute atomic E-state index is 0.103. The number of hydrogen-bond acceptors (Lipinski definition) is 6. The average molecular weight is 499 g/mol. The highest BCUT2D eigenvalue weighted by molar-refractivity contribution is 6.34. The van der Waals surface area contributed by atoms with Crippen molar-refractivity contribution in [3.63, 3.8) is 0 Å². The third kappa shape index (κ3) is 3.98. The standard InChI is InChI=1S/C29H26N2O6/c1-2-35-21-9-7-20(8-10-21)31-28(33)22-11-5-19(16-23(22)29(31)34)27(32)30-13-3-4-24(30)18-6-12-25-26(17-18)37-15-14-36-25/h5-12,16-17,24H,2-4,13-15H2,1H3. The maximum atomic E-state index is 13.6. The summed E-state index contributed by atoms with van der Waals surface area (Å²) in [6.45, 7) is 4.04. The molecule has 37 heavy (non-hydrogen) atoms. The Balaban J connectivity index is 1.25. The molecule has 8 nitrogen and oxygen atoms in total. The molecule has 0 aliphatic carbocycles. The normalized spacial score (nSPS) is 18.2. The molecule has 6 rings (SSSR count). The van der Waals surface area contributed by atoms with E-state index < -0.39 is 11.8 Å². The van der Waals surface area contributed by atoms with Crippen LogP contribution >= 0.6 is 0 Å². The van der Waals surface area contributed by atoms with Gasteiger partial charge in [0.05, 0.1) is 29.5 Å². The quantitative estimate of drug-likeness (QED) is 0.477. The predicted octanol–water partition coefficient (Wildman–Crippen LogP) is 4.63. The van der Waals surface area contributed by atoms with Gasteiger partial charge in [-0.2, -0.15) is 0 Å². The van der Waals surface area contributed by atoms with Crippen molar-refractivity contribution in [1.29, 1.82) is 0 Å². The molecule has 0 spiro atoms. The smallest absolute Gasteiger partial charge is 0.266 e. The number of fused-ring (bicyclic) bond motifs is 2. The fraction of sp³-hybridized carbons (Fsp3) is 0.276. The maximum absolute atomic E-state index is 13.6. The second-order valence-electron chi connectivity index (χ2n) is 9.19. The van der Waals surface area contributed by atoms with E-state index in [4.69, 9.17) is 14.2 Å². The van der Waals surface area contributed by atoms with E-state index >= 15 is 0 Å². The molecule has 0 N–H and O–H groups in total. The lowest BCUT2D eigenvalue weighted by Crippen LogP contribution is -2.31. The van der Waals surface area contributed by atoms with Gasteiger partial charge in [-0.15, -0.1) is 0 Å². The summed E-state index contributed by atoms with van der Waals surface area (Å²) in [5.74, 6) is 1.06. The Labute approximate surface area is 214 Å². The lowest BCUT2D eigenvalue weighted by atomic mass is 10.0. The molecule has 3 aromatic carbocycles. The molecular formula is C29H26N2O6. The molecule has 0 saturated carbocycles. The van der Waals surface area contributed by atoms with E-state index in [1.807, 2.05) is 30.0 Å². The van der Waals surface area contributed by atoms with Crippen molar-refractivity contribution in [2.24, 2.45) is 0 Å². The van der Waals surface area contributed by atoms with Crippen molar-refractivity contribution >= 4 is 23.4 Å². The van der Waals surface area contributed by atoms with Crippen LogP contribution in [0.5, 0.6) is 17.2 Å². The molecule has 0 radical (unpaired) electrons. The van der Waals surface area contributed by atoms with Gasteiger partial charge in [0.2, 0.25) is 0 Å². The van der Waals surface area contributed by atoms with Crippen LogP contribution in [0.3, 0.4) is 0 Å². The van der Waals surface area contributed by atoms with E-state index in [0.29, 0.717) is 60.4 Å². The van der Waals surface area contributed by atoms with Crippen LogP contribution < -0.4 is 19.1 Å². The molecule has 188 valence electrons. The van der Waals surface area contributed by atoms with Crippen molar-refractivity contribution in [2.45, 2.75) is 25.8 Å². The van der Waals surface area contributed by atoms with Crippen LogP contribution in [-0.2, 0) is 0 Å². The van der Waals surface area contributed by atoms with Gasteiger partial charge in [0.1, 0.15) is 19.0 Å². The number of anilines is 1. The van der Waals surface area contributed by atoms with Crippen molar-refractivity contribution < 1.29 is 28.6 Å². The molecule has 3 amide bonds. The Bertz CT molecular complexity index is 1400. The number of amides is 3. The van der Waals surface area contributed by atoms with Crippen LogP contribution in [0.15, 0.2) is 60.7 Å². The first-order valence-corrected chi connectivity index (χ1v) is 12.5. The molecule has 0 aromatic heterocycles. The lowest BCUT2D eigenvalue weighted by Gasteiger charge is -2.27. The first-order chi connectivity index (χ1) is 18.0. The highest BCUT2D eigenvalue weighted by atomic mass is 16.6. The lowest BCUT2D eigenvalue weighted by molar-refractivity contribution is 0.0734. The maximum Gasteiger partial charge on any atom is 0.266 e. The summed E-state index contributed by atoms with van der Waals surface area (Å²) in [5, 5.41) is 0. The van der Waals surface area contributed by atoms with Gasteiger partial charge in [-0.25, -0.2) is 4.90 Å². The first-order valence-electron chi connectivity index (χ1n) is 12.5. The number of likely N-dealkylation sites (tertiary alicyclic amines) is 1. The minimum Gasteiger partial charge on any atom is -0.494 e. The van der Waals surface area contributed by atoms with E-state index in [0.717, 1.165) is 23.3 Å². The molecular weight excluding hydrogens is 472 g/mol. The van der Waals surface area contributed by atoms with Crippen LogP contribution in [-0.4, -0.2) is 49.0 Å². The highest BCUT2D eigenvalue weighted by Crippen LogP contribution is 2.39. The summed E-state index contributed by atoms with van der Waals surface area (Å²) in [4.78, 5) is 42.9. The minimum atomic E-state index is -0.441. The Morgan fingerprint density at radius 2 is 1.68 bits per heavy atom. The third-order valence-electron chi connectivity index (χ3n) is 7.00. The number of nitrogens with zero attached hydrogens (tertiary/aromatic N) is 2. The first kappa shape index (κ1) is 23.1. The van der Waals surface area contributed by atoms with Crippen LogP contribution in [0.4, 0.5) is 5.69 Å². The summed E-state index contributed by atoms with van der Waals surface area (Å²) in [6.07, 6.45) is 1.71. The second kappa shape index (κ2) is 9.28. The summed E-state index contributed by atoms with van der Waals surface area (Å²) in [7, 11) is 0. The van der Waals surface area contributed by atoms with E-state index in [2.05, 4.69) is 0 Å². The van der Waals surface area contributed by atoms with Crippen LogP contribution in [0, 0.1) is 0 Å². The van der Waals surface area contributed by atoms with Gasteiger partial charge >= 0.3 is 0 Å². The van der Waals surface area contributed by atoms with Gasteiger partial charge < -0.3 is 19.1 Å². The zero-order chi connectivity index (χ0) is 25.5. The van der Waals surface area contributed by atoms with Crippen LogP contribution in [0.25, 0.3) is 0 Å². The topological polar surface area (TPSA) is 85.4 Å². The van der Waals surface area contributed by atoms with E-state index in [9.17, 15) is 14.4 Å². The summed E-state index contributed by atoms with van der Waals surface area (Å²) < 4.78 is 16.8. The number of carbonyl (C=O) groups is 3. The molecule has 0 bridgehead atoms. The van der Waals surface area contributed by atoms with Gasteiger partial charge in [0.15, 0.2) is 11.5 Å². The molecule has 3 aliphatic rings. The van der Waals surface area contributed by atoms with Crippen molar-refractivity contribution in [3.8, 4) is 17.2 Å². The SMILES string of the molecule is CCOc1ccc(N2C(=O)c3ccc(C(=O)N4CCCC4c4ccc5c(c4)OCCO5)cc3C2=O)cc1. The van der Waals surface area contributed by atoms with Gasteiger partial charge in [-0.3, -0.25) is 14.4 Å². The molecule has 3 aliphatic heterocycles. The number of imide groups is 1. The van der Waals surface area contributed by atoms with Crippen LogP contribution in [0.2, 0.25) is 0 Å². The van der Waals surface area contributed by atoms with Crippen molar-refractivity contribution in [3.05, 3.63) is 82.9 Å². The molecule has 8 heteroatoms. The number of benzene rings is 3.